The Morgan fingerprint density at radius 2 is 2.04 bits per heavy atom. The molecule has 1 unspecified atom stereocenters. The van der Waals surface area contributed by atoms with E-state index in [0.717, 1.165) is 32.4 Å². The SMILES string of the molecule is Cc1[nH]c(=O)[nH]c(=O)c1CC(=O)NC1COC2(CCNCC2)C1. The minimum atomic E-state index is -0.561. The van der Waals surface area contributed by atoms with Gasteiger partial charge in [-0.2, -0.15) is 0 Å². The highest BCUT2D eigenvalue weighted by Crippen LogP contribution is 2.33. The third-order valence-corrected chi connectivity index (χ3v) is 4.68. The van der Waals surface area contributed by atoms with E-state index in [1.165, 1.54) is 0 Å². The van der Waals surface area contributed by atoms with Crippen LogP contribution in [-0.4, -0.2) is 47.2 Å². The Morgan fingerprint density at radius 1 is 1.30 bits per heavy atom. The van der Waals surface area contributed by atoms with E-state index in [1.807, 2.05) is 0 Å². The van der Waals surface area contributed by atoms with Crippen molar-refractivity contribution in [3.8, 4) is 0 Å². The second kappa shape index (κ2) is 6.29. The summed E-state index contributed by atoms with van der Waals surface area (Å²) in [6.45, 7) is 3.99. The molecule has 23 heavy (non-hydrogen) atoms. The van der Waals surface area contributed by atoms with E-state index in [0.29, 0.717) is 12.3 Å². The molecule has 3 rings (SSSR count). The first-order chi connectivity index (χ1) is 11.0. The second-order valence-corrected chi connectivity index (χ2v) is 6.40. The van der Waals surface area contributed by atoms with Gasteiger partial charge in [0.15, 0.2) is 0 Å². The van der Waals surface area contributed by atoms with Crippen LogP contribution in [0.4, 0.5) is 0 Å². The molecule has 4 N–H and O–H groups in total. The fourth-order valence-electron chi connectivity index (χ4n) is 3.45. The standard InChI is InChI=1S/C15H22N4O4/c1-9-11(13(21)19-14(22)17-9)6-12(20)18-10-7-15(23-8-10)2-4-16-5-3-15/h10,16H,2-8H2,1H3,(H,18,20)(H2,17,19,21,22). The van der Waals surface area contributed by atoms with Crippen molar-refractivity contribution in [1.29, 1.82) is 0 Å². The average Bonchev–Trinajstić information content (AvgIpc) is 2.86. The molecule has 1 spiro atoms. The molecule has 3 heterocycles. The van der Waals surface area contributed by atoms with Crippen LogP contribution in [0.2, 0.25) is 0 Å². The summed E-state index contributed by atoms with van der Waals surface area (Å²) >= 11 is 0. The summed E-state index contributed by atoms with van der Waals surface area (Å²) in [4.78, 5) is 39.8. The maximum Gasteiger partial charge on any atom is 0.325 e. The van der Waals surface area contributed by atoms with Crippen LogP contribution in [0.3, 0.4) is 0 Å². The molecular weight excluding hydrogens is 300 g/mol. The molecule has 0 aromatic carbocycles. The van der Waals surface area contributed by atoms with E-state index < -0.39 is 11.2 Å². The normalized spacial score (nSPS) is 23.1. The molecule has 2 aliphatic rings. The predicted molar refractivity (Wildman–Crippen MR) is 83.5 cm³/mol. The van der Waals surface area contributed by atoms with Crippen molar-refractivity contribution in [2.24, 2.45) is 0 Å². The molecule has 2 aliphatic heterocycles. The van der Waals surface area contributed by atoms with Gasteiger partial charge < -0.3 is 20.4 Å². The van der Waals surface area contributed by atoms with Crippen molar-refractivity contribution in [3.63, 3.8) is 0 Å². The lowest BCUT2D eigenvalue weighted by Crippen LogP contribution is -2.43. The summed E-state index contributed by atoms with van der Waals surface area (Å²) in [7, 11) is 0. The zero-order valence-corrected chi connectivity index (χ0v) is 13.2. The van der Waals surface area contributed by atoms with Crippen molar-refractivity contribution in [2.45, 2.75) is 44.2 Å². The number of hydrogen-bond acceptors (Lipinski definition) is 5. The second-order valence-electron chi connectivity index (χ2n) is 6.40. The molecule has 2 fully saturated rings. The summed E-state index contributed by atoms with van der Waals surface area (Å²) in [6.07, 6.45) is 2.67. The minimum absolute atomic E-state index is 0.0252. The van der Waals surface area contributed by atoms with Crippen molar-refractivity contribution in [3.05, 3.63) is 32.1 Å². The lowest BCUT2D eigenvalue weighted by Gasteiger charge is -2.32. The van der Waals surface area contributed by atoms with Gasteiger partial charge >= 0.3 is 5.69 Å². The highest BCUT2D eigenvalue weighted by Gasteiger charge is 2.41. The molecule has 0 aliphatic carbocycles. The summed E-state index contributed by atoms with van der Waals surface area (Å²) in [5, 5.41) is 6.25. The van der Waals surface area contributed by atoms with Crippen molar-refractivity contribution >= 4 is 5.91 Å². The minimum Gasteiger partial charge on any atom is -0.373 e. The quantitative estimate of drug-likeness (QED) is 0.566. The van der Waals surface area contributed by atoms with Gasteiger partial charge in [-0.05, 0) is 39.3 Å². The smallest absolute Gasteiger partial charge is 0.325 e. The molecule has 8 heteroatoms. The number of H-pyrrole nitrogens is 2. The van der Waals surface area contributed by atoms with Crippen molar-refractivity contribution in [1.82, 2.24) is 20.6 Å². The van der Waals surface area contributed by atoms with Crippen LogP contribution >= 0.6 is 0 Å². The topological polar surface area (TPSA) is 116 Å². The van der Waals surface area contributed by atoms with E-state index >= 15 is 0 Å². The summed E-state index contributed by atoms with van der Waals surface area (Å²) in [5.74, 6) is -0.231. The Bertz CT molecular complexity index is 702. The summed E-state index contributed by atoms with van der Waals surface area (Å²) in [5.41, 5.74) is -0.481. The monoisotopic (exact) mass is 322 g/mol. The number of amides is 1. The van der Waals surface area contributed by atoms with Crippen LogP contribution in [0.15, 0.2) is 9.59 Å². The van der Waals surface area contributed by atoms with E-state index in [2.05, 4.69) is 20.6 Å². The third-order valence-electron chi connectivity index (χ3n) is 4.68. The maximum absolute atomic E-state index is 12.2. The van der Waals surface area contributed by atoms with Gasteiger partial charge in [0, 0.05) is 11.3 Å². The van der Waals surface area contributed by atoms with Crippen LogP contribution in [0.5, 0.6) is 0 Å². The number of rotatable bonds is 3. The third kappa shape index (κ3) is 3.53. The first-order valence-corrected chi connectivity index (χ1v) is 7.94. The molecule has 1 aromatic heterocycles. The molecule has 126 valence electrons. The zero-order valence-electron chi connectivity index (χ0n) is 13.2. The summed E-state index contributed by atoms with van der Waals surface area (Å²) in [6, 6.07) is -0.0252. The Hall–Kier alpha value is -1.93. The van der Waals surface area contributed by atoms with Crippen LogP contribution in [0, 0.1) is 6.92 Å². The van der Waals surface area contributed by atoms with E-state index in [-0.39, 0.29) is 29.5 Å². The van der Waals surface area contributed by atoms with Gasteiger partial charge in [-0.1, -0.05) is 0 Å². The maximum atomic E-state index is 12.2. The van der Waals surface area contributed by atoms with E-state index in [1.54, 1.807) is 6.92 Å². The van der Waals surface area contributed by atoms with Crippen molar-refractivity contribution < 1.29 is 9.53 Å². The molecular formula is C15H22N4O4. The molecule has 0 saturated carbocycles. The largest absolute Gasteiger partial charge is 0.373 e. The lowest BCUT2D eigenvalue weighted by molar-refractivity contribution is -0.121. The highest BCUT2D eigenvalue weighted by molar-refractivity contribution is 5.79. The lowest BCUT2D eigenvalue weighted by atomic mass is 9.88. The van der Waals surface area contributed by atoms with E-state index in [9.17, 15) is 14.4 Å². The van der Waals surface area contributed by atoms with Gasteiger partial charge in [-0.3, -0.25) is 14.6 Å². The first kappa shape index (κ1) is 15.9. The molecule has 1 aromatic rings. The number of nitrogens with one attached hydrogen (secondary N) is 4. The molecule has 2 saturated heterocycles. The van der Waals surface area contributed by atoms with Gasteiger partial charge in [-0.15, -0.1) is 0 Å². The Morgan fingerprint density at radius 3 is 2.74 bits per heavy atom. The van der Waals surface area contributed by atoms with Gasteiger partial charge in [0.1, 0.15) is 0 Å². The molecule has 1 atom stereocenters. The summed E-state index contributed by atoms with van der Waals surface area (Å²) < 4.78 is 5.94. The van der Waals surface area contributed by atoms with Gasteiger partial charge in [0.2, 0.25) is 5.91 Å². The first-order valence-electron chi connectivity index (χ1n) is 7.94. The average molecular weight is 322 g/mol. The number of aromatic amines is 2. The highest BCUT2D eigenvalue weighted by atomic mass is 16.5. The number of piperidine rings is 1. The predicted octanol–water partition coefficient (Wildman–Crippen LogP) is -1.06. The fraction of sp³-hybridized carbons (Fsp3) is 0.667. The van der Waals surface area contributed by atoms with Gasteiger partial charge in [0.25, 0.3) is 5.56 Å². The number of ether oxygens (including phenoxy) is 1. The molecule has 1 amide bonds. The Balaban J connectivity index is 1.60. The Labute approximate surface area is 133 Å². The zero-order chi connectivity index (χ0) is 16.4. The van der Waals surface area contributed by atoms with E-state index in [4.69, 9.17) is 4.74 Å². The van der Waals surface area contributed by atoms with Crippen LogP contribution < -0.4 is 21.9 Å². The van der Waals surface area contributed by atoms with Crippen LogP contribution in [0.1, 0.15) is 30.5 Å². The van der Waals surface area contributed by atoms with Crippen LogP contribution in [-0.2, 0) is 16.0 Å². The number of hydrogen-bond donors (Lipinski definition) is 4. The van der Waals surface area contributed by atoms with Gasteiger partial charge in [0.05, 0.1) is 24.7 Å². The molecule has 8 nitrogen and oxygen atoms in total. The Kier molecular flexibility index (Phi) is 4.36. The van der Waals surface area contributed by atoms with Crippen molar-refractivity contribution in [2.75, 3.05) is 19.7 Å². The number of carbonyl (C=O) groups excluding carboxylic acids is 1. The van der Waals surface area contributed by atoms with Crippen LogP contribution in [0.25, 0.3) is 0 Å². The fourth-order valence-corrected chi connectivity index (χ4v) is 3.45. The number of aromatic nitrogens is 2. The molecule has 0 bridgehead atoms. The molecule has 0 radical (unpaired) electrons. The number of aryl methyl sites for hydroxylation is 1. The number of carbonyl (C=O) groups is 1. The van der Waals surface area contributed by atoms with Gasteiger partial charge in [-0.25, -0.2) is 4.79 Å².